The molecule has 0 N–H and O–H groups in total. The van der Waals surface area contributed by atoms with Gasteiger partial charge >= 0.3 is 0 Å². The van der Waals surface area contributed by atoms with E-state index < -0.39 is 0 Å². The number of rotatable bonds is 0. The van der Waals surface area contributed by atoms with Crippen LogP contribution in [0.5, 0.6) is 0 Å². The molecule has 0 aromatic rings. The molecule has 2 heteroatoms. The summed E-state index contributed by atoms with van der Waals surface area (Å²) in [6.07, 6.45) is 6.13. The predicted molar refractivity (Wildman–Crippen MR) is 52.6 cm³/mol. The van der Waals surface area contributed by atoms with Gasteiger partial charge < -0.3 is 0 Å². The van der Waals surface area contributed by atoms with Crippen molar-refractivity contribution in [2.24, 2.45) is 23.7 Å². The number of allylic oxidation sites excluding steroid dienone is 4. The summed E-state index contributed by atoms with van der Waals surface area (Å²) in [7, 11) is 0. The number of fused-ring (bicyclic) bond motifs is 2. The number of hydrogen-bond donors (Lipinski definition) is 0. The molecule has 0 radical (unpaired) electrons. The van der Waals surface area contributed by atoms with Gasteiger partial charge in [-0.2, -0.15) is 0 Å². The molecule has 1 saturated carbocycles. The zero-order valence-electron chi connectivity index (χ0n) is 5.93. The maximum absolute atomic E-state index is 3.65. The highest BCUT2D eigenvalue weighted by molar-refractivity contribution is 9.12. The lowest BCUT2D eigenvalue weighted by molar-refractivity contribution is 0.565. The topological polar surface area (TPSA) is 0 Å². The van der Waals surface area contributed by atoms with Crippen molar-refractivity contribution < 1.29 is 0 Å². The first-order chi connectivity index (χ1) is 5.27. The van der Waals surface area contributed by atoms with Crippen molar-refractivity contribution in [1.29, 1.82) is 0 Å². The third-order valence-electron chi connectivity index (χ3n) is 3.10. The molecule has 0 nitrogen and oxygen atoms in total. The van der Waals surface area contributed by atoms with Crippen LogP contribution < -0.4 is 0 Å². The molecule has 0 heterocycles. The lowest BCUT2D eigenvalue weighted by Gasteiger charge is -2.16. The van der Waals surface area contributed by atoms with Gasteiger partial charge in [0.05, 0.1) is 0 Å². The minimum Gasteiger partial charge on any atom is -0.0671 e. The summed E-state index contributed by atoms with van der Waals surface area (Å²) in [6, 6.07) is 0. The molecule has 0 aromatic carbocycles. The van der Waals surface area contributed by atoms with Crippen LogP contribution in [0.4, 0.5) is 0 Å². The fourth-order valence-electron chi connectivity index (χ4n) is 2.55. The van der Waals surface area contributed by atoms with Gasteiger partial charge in [0.1, 0.15) is 0 Å². The highest BCUT2D eigenvalue weighted by Crippen LogP contribution is 2.65. The van der Waals surface area contributed by atoms with Crippen LogP contribution in [0.3, 0.4) is 0 Å². The Morgan fingerprint density at radius 3 is 2.18 bits per heavy atom. The van der Waals surface area contributed by atoms with E-state index in [1.165, 1.54) is 15.4 Å². The number of hydrogen-bond acceptors (Lipinski definition) is 0. The second-order valence-corrected chi connectivity index (χ2v) is 5.55. The Bertz CT molecular complexity index is 251. The van der Waals surface area contributed by atoms with Gasteiger partial charge in [-0.05, 0) is 27.2 Å². The lowest BCUT2D eigenvalue weighted by Crippen LogP contribution is -2.04. The van der Waals surface area contributed by atoms with Crippen LogP contribution in [-0.2, 0) is 0 Å². The molecule has 3 aliphatic rings. The average molecular weight is 276 g/mol. The summed E-state index contributed by atoms with van der Waals surface area (Å²) in [5.74, 6) is 3.33. The quantitative estimate of drug-likeness (QED) is 0.635. The molecule has 0 aliphatic heterocycles. The molecule has 58 valence electrons. The van der Waals surface area contributed by atoms with Crippen molar-refractivity contribution >= 4 is 31.9 Å². The van der Waals surface area contributed by atoms with E-state index in [0.29, 0.717) is 5.92 Å². The van der Waals surface area contributed by atoms with E-state index in [2.05, 4.69) is 44.0 Å². The largest absolute Gasteiger partial charge is 0.0671 e. The summed E-state index contributed by atoms with van der Waals surface area (Å²) < 4.78 is 2.91. The monoisotopic (exact) mass is 274 g/mol. The Balaban J connectivity index is 2.12. The van der Waals surface area contributed by atoms with E-state index in [4.69, 9.17) is 0 Å². The second kappa shape index (κ2) is 2.02. The van der Waals surface area contributed by atoms with Crippen molar-refractivity contribution in [3.05, 3.63) is 21.1 Å². The molecule has 1 fully saturated rings. The van der Waals surface area contributed by atoms with Crippen LogP contribution in [0.2, 0.25) is 0 Å². The Morgan fingerprint density at radius 2 is 1.64 bits per heavy atom. The fraction of sp³-hybridized carbons (Fsp3) is 0.556. The van der Waals surface area contributed by atoms with Gasteiger partial charge in [0, 0.05) is 11.8 Å². The highest BCUT2D eigenvalue weighted by atomic mass is 79.9. The molecule has 11 heavy (non-hydrogen) atoms. The van der Waals surface area contributed by atoms with Crippen LogP contribution in [0, 0.1) is 23.7 Å². The second-order valence-electron chi connectivity index (χ2n) is 3.72. The predicted octanol–water partition coefficient (Wildman–Crippen LogP) is 3.44. The zero-order chi connectivity index (χ0) is 7.59. The van der Waals surface area contributed by atoms with Gasteiger partial charge in [0.2, 0.25) is 0 Å². The van der Waals surface area contributed by atoms with Gasteiger partial charge in [-0.15, -0.1) is 0 Å². The first-order valence-electron chi connectivity index (χ1n) is 4.02. The first kappa shape index (κ1) is 6.90. The van der Waals surface area contributed by atoms with Crippen LogP contribution in [0.25, 0.3) is 0 Å². The van der Waals surface area contributed by atoms with Crippen LogP contribution in [0.1, 0.15) is 6.42 Å². The zero-order valence-corrected chi connectivity index (χ0v) is 9.10. The maximum Gasteiger partial charge on any atom is 0.00130 e. The minimum absolute atomic E-state index is 0.707. The van der Waals surface area contributed by atoms with E-state index >= 15 is 0 Å². The molecule has 0 spiro atoms. The van der Waals surface area contributed by atoms with E-state index in [-0.39, 0.29) is 0 Å². The van der Waals surface area contributed by atoms with Gasteiger partial charge in [0.15, 0.2) is 0 Å². The van der Waals surface area contributed by atoms with Crippen LogP contribution >= 0.6 is 31.9 Å². The Kier molecular flexibility index (Phi) is 1.27. The summed E-state index contributed by atoms with van der Waals surface area (Å²) >= 11 is 7.30. The van der Waals surface area contributed by atoms with Gasteiger partial charge in [-0.1, -0.05) is 44.0 Å². The van der Waals surface area contributed by atoms with E-state index in [1.54, 1.807) is 0 Å². The summed E-state index contributed by atoms with van der Waals surface area (Å²) in [6.45, 7) is 0. The summed E-state index contributed by atoms with van der Waals surface area (Å²) in [5.41, 5.74) is 0. The summed E-state index contributed by atoms with van der Waals surface area (Å²) in [5, 5.41) is 0. The van der Waals surface area contributed by atoms with E-state index in [1.807, 2.05) is 0 Å². The van der Waals surface area contributed by atoms with Gasteiger partial charge in [-0.25, -0.2) is 0 Å². The third-order valence-corrected chi connectivity index (χ3v) is 4.68. The smallest absolute Gasteiger partial charge is 0.00130 e. The van der Waals surface area contributed by atoms with Crippen LogP contribution in [0.15, 0.2) is 21.1 Å². The van der Waals surface area contributed by atoms with E-state index in [9.17, 15) is 0 Å². The highest BCUT2D eigenvalue weighted by Gasteiger charge is 2.57. The first-order valence-corrected chi connectivity index (χ1v) is 5.60. The molecule has 0 aromatic heterocycles. The molecule has 0 amide bonds. The molecule has 3 aliphatic carbocycles. The molecule has 3 rings (SSSR count). The third kappa shape index (κ3) is 0.803. The normalized spacial score (nSPS) is 51.5. The molecular weight excluding hydrogens is 268 g/mol. The minimum atomic E-state index is 0.707. The lowest BCUT2D eigenvalue weighted by atomic mass is 9.93. The summed E-state index contributed by atoms with van der Waals surface area (Å²) in [4.78, 5) is 0. The fourth-order valence-corrected chi connectivity index (χ4v) is 4.48. The Morgan fingerprint density at radius 1 is 1.09 bits per heavy atom. The molecule has 0 saturated heterocycles. The maximum atomic E-state index is 3.65. The van der Waals surface area contributed by atoms with Crippen molar-refractivity contribution in [2.75, 3.05) is 0 Å². The molecular formula is C9H8Br2. The molecule has 2 atom stereocenters. The molecule has 2 bridgehead atoms. The van der Waals surface area contributed by atoms with Crippen molar-refractivity contribution in [3.63, 3.8) is 0 Å². The van der Waals surface area contributed by atoms with Crippen molar-refractivity contribution in [2.45, 2.75) is 6.42 Å². The standard InChI is InChI=1S/C9H8Br2/c10-6-2-4-1-5-8(6)9(5)7(11)3-4/h2-5,8-9H,1H2. The Hall–Kier alpha value is 0.440. The van der Waals surface area contributed by atoms with Gasteiger partial charge in [-0.3, -0.25) is 0 Å². The average Bonchev–Trinajstić information content (AvgIpc) is 2.62. The van der Waals surface area contributed by atoms with Crippen molar-refractivity contribution in [3.8, 4) is 0 Å². The SMILES string of the molecule is BrC1=CC2C=C(Br)C3C(C2)C13. The molecule has 2 unspecified atom stereocenters. The van der Waals surface area contributed by atoms with Crippen LogP contribution in [-0.4, -0.2) is 0 Å². The van der Waals surface area contributed by atoms with Gasteiger partial charge in [0.25, 0.3) is 0 Å². The number of halogens is 2. The van der Waals surface area contributed by atoms with Crippen molar-refractivity contribution in [1.82, 2.24) is 0 Å². The van der Waals surface area contributed by atoms with E-state index in [0.717, 1.165) is 17.8 Å². The Labute approximate surface area is 83.0 Å².